The smallest absolute Gasteiger partial charge is 0.146 e. The highest BCUT2D eigenvalue weighted by Gasteiger charge is 2.23. The number of hydrogen-bond donors (Lipinski definition) is 2. The first-order chi connectivity index (χ1) is 8.61. The van der Waals surface area contributed by atoms with Gasteiger partial charge in [0.25, 0.3) is 0 Å². The van der Waals surface area contributed by atoms with Gasteiger partial charge in [0.1, 0.15) is 5.82 Å². The van der Waals surface area contributed by atoms with E-state index in [0.717, 1.165) is 19.3 Å². The molecule has 1 unspecified atom stereocenters. The van der Waals surface area contributed by atoms with Crippen molar-refractivity contribution in [2.24, 2.45) is 0 Å². The number of unbranched alkanes of at least 4 members (excludes halogenated alkanes) is 3. The zero-order valence-corrected chi connectivity index (χ0v) is 11.4. The lowest BCUT2D eigenvalue weighted by Crippen LogP contribution is -2.39. The van der Waals surface area contributed by atoms with Gasteiger partial charge in [-0.25, -0.2) is 4.39 Å². The minimum atomic E-state index is -0.448. The van der Waals surface area contributed by atoms with E-state index in [2.05, 4.69) is 12.2 Å². The van der Waals surface area contributed by atoms with Gasteiger partial charge in [-0.05, 0) is 25.5 Å². The second kappa shape index (κ2) is 7.37. The van der Waals surface area contributed by atoms with Gasteiger partial charge in [-0.15, -0.1) is 0 Å². The van der Waals surface area contributed by atoms with Crippen molar-refractivity contribution in [3.8, 4) is 0 Å². The van der Waals surface area contributed by atoms with E-state index in [1.54, 1.807) is 18.2 Å². The summed E-state index contributed by atoms with van der Waals surface area (Å²) < 4.78 is 13.6. The molecule has 0 spiro atoms. The van der Waals surface area contributed by atoms with Crippen molar-refractivity contribution in [1.29, 1.82) is 0 Å². The topological polar surface area (TPSA) is 32.3 Å². The molecule has 2 N–H and O–H groups in total. The second-order valence-corrected chi connectivity index (χ2v) is 5.13. The maximum atomic E-state index is 13.6. The van der Waals surface area contributed by atoms with Gasteiger partial charge in [-0.2, -0.15) is 0 Å². The Labute approximate surface area is 109 Å². The first-order valence-electron chi connectivity index (χ1n) is 6.75. The van der Waals surface area contributed by atoms with Crippen molar-refractivity contribution >= 4 is 5.69 Å². The summed E-state index contributed by atoms with van der Waals surface area (Å²) in [5.74, 6) is -0.272. The van der Waals surface area contributed by atoms with Crippen LogP contribution in [0, 0.1) is 5.82 Å². The highest BCUT2D eigenvalue weighted by atomic mass is 19.1. The Balaban J connectivity index is 2.56. The minimum Gasteiger partial charge on any atom is -0.394 e. The van der Waals surface area contributed by atoms with E-state index in [9.17, 15) is 9.50 Å². The molecular weight excluding hydrogens is 229 g/mol. The minimum absolute atomic E-state index is 0.00740. The number of halogens is 1. The van der Waals surface area contributed by atoms with Crippen LogP contribution >= 0.6 is 0 Å². The molecule has 0 bridgehead atoms. The summed E-state index contributed by atoms with van der Waals surface area (Å²) in [4.78, 5) is 0. The molecule has 0 aliphatic carbocycles. The summed E-state index contributed by atoms with van der Waals surface area (Å²) >= 11 is 0. The monoisotopic (exact) mass is 253 g/mol. The molecule has 18 heavy (non-hydrogen) atoms. The molecule has 1 aromatic rings. The lowest BCUT2D eigenvalue weighted by atomic mass is 9.94. The Morgan fingerprint density at radius 3 is 2.56 bits per heavy atom. The number of aliphatic hydroxyl groups excluding tert-OH is 1. The van der Waals surface area contributed by atoms with E-state index < -0.39 is 5.54 Å². The van der Waals surface area contributed by atoms with Crippen molar-refractivity contribution in [2.45, 2.75) is 51.5 Å². The molecule has 0 amide bonds. The lowest BCUT2D eigenvalue weighted by molar-refractivity contribution is 0.211. The predicted octanol–water partition coefficient (Wildman–Crippen LogP) is 3.96. The fourth-order valence-corrected chi connectivity index (χ4v) is 2.01. The molecule has 0 aliphatic heterocycles. The number of para-hydroxylation sites is 1. The molecule has 0 radical (unpaired) electrons. The Kier molecular flexibility index (Phi) is 6.13. The summed E-state index contributed by atoms with van der Waals surface area (Å²) in [5, 5.41) is 12.6. The Morgan fingerprint density at radius 1 is 1.22 bits per heavy atom. The first-order valence-corrected chi connectivity index (χ1v) is 6.75. The molecule has 0 aliphatic rings. The van der Waals surface area contributed by atoms with Crippen LogP contribution in [0.15, 0.2) is 24.3 Å². The Morgan fingerprint density at radius 2 is 1.94 bits per heavy atom. The quantitative estimate of drug-likeness (QED) is 0.687. The molecule has 0 fully saturated rings. The SMILES string of the molecule is CCCCCCC(C)(CO)Nc1ccccc1F. The molecule has 2 nitrogen and oxygen atoms in total. The highest BCUT2D eigenvalue weighted by molar-refractivity contribution is 5.46. The first kappa shape index (κ1) is 15.0. The zero-order chi connectivity index (χ0) is 13.4. The third-order valence-electron chi connectivity index (χ3n) is 3.24. The van der Waals surface area contributed by atoms with E-state index in [0.29, 0.717) is 5.69 Å². The molecule has 0 saturated heterocycles. The largest absolute Gasteiger partial charge is 0.394 e. The average Bonchev–Trinajstić information content (AvgIpc) is 2.38. The molecule has 0 saturated carbocycles. The van der Waals surface area contributed by atoms with E-state index >= 15 is 0 Å². The van der Waals surface area contributed by atoms with Crippen LogP contribution in [-0.4, -0.2) is 17.3 Å². The molecule has 3 heteroatoms. The molecule has 102 valence electrons. The van der Waals surface area contributed by atoms with Gasteiger partial charge >= 0.3 is 0 Å². The van der Waals surface area contributed by atoms with E-state index in [1.807, 2.05) is 6.92 Å². The van der Waals surface area contributed by atoms with E-state index in [-0.39, 0.29) is 12.4 Å². The fraction of sp³-hybridized carbons (Fsp3) is 0.600. The van der Waals surface area contributed by atoms with Crippen LogP contribution in [0.3, 0.4) is 0 Å². The number of aliphatic hydroxyl groups is 1. The van der Waals surface area contributed by atoms with Crippen molar-refractivity contribution in [3.63, 3.8) is 0 Å². The molecular formula is C15H24FNO. The maximum Gasteiger partial charge on any atom is 0.146 e. The summed E-state index contributed by atoms with van der Waals surface area (Å²) in [6, 6.07) is 6.59. The predicted molar refractivity (Wildman–Crippen MR) is 74.3 cm³/mol. The van der Waals surface area contributed by atoms with Crippen LogP contribution in [0.5, 0.6) is 0 Å². The van der Waals surface area contributed by atoms with Gasteiger partial charge in [0.05, 0.1) is 17.8 Å². The summed E-state index contributed by atoms with van der Waals surface area (Å²) in [7, 11) is 0. The molecule has 0 aromatic heterocycles. The number of nitrogens with one attached hydrogen (secondary N) is 1. The molecule has 1 atom stereocenters. The normalized spacial score (nSPS) is 14.2. The lowest BCUT2D eigenvalue weighted by Gasteiger charge is -2.30. The summed E-state index contributed by atoms with van der Waals surface area (Å²) in [6.45, 7) is 4.11. The summed E-state index contributed by atoms with van der Waals surface area (Å²) in [5.41, 5.74) is 0.0141. The van der Waals surface area contributed by atoms with Crippen LogP contribution in [0.1, 0.15) is 46.0 Å². The van der Waals surface area contributed by atoms with Crippen LogP contribution in [0.25, 0.3) is 0 Å². The Bertz CT molecular complexity index is 356. The summed E-state index contributed by atoms with van der Waals surface area (Å²) in [6.07, 6.45) is 5.45. The molecule has 1 rings (SSSR count). The van der Waals surface area contributed by atoms with Crippen LogP contribution < -0.4 is 5.32 Å². The molecule has 1 aromatic carbocycles. The van der Waals surface area contributed by atoms with Gasteiger partial charge < -0.3 is 10.4 Å². The number of rotatable bonds is 8. The van der Waals surface area contributed by atoms with Crippen molar-refractivity contribution in [2.75, 3.05) is 11.9 Å². The van der Waals surface area contributed by atoms with Crippen molar-refractivity contribution in [3.05, 3.63) is 30.1 Å². The zero-order valence-electron chi connectivity index (χ0n) is 11.4. The standard InChI is InChI=1S/C15H24FNO/c1-3-4-5-8-11-15(2,12-18)17-14-10-7-6-9-13(14)16/h6-7,9-10,17-18H,3-5,8,11-12H2,1-2H3. The molecule has 0 heterocycles. The highest BCUT2D eigenvalue weighted by Crippen LogP contribution is 2.23. The van der Waals surface area contributed by atoms with Gasteiger partial charge in [-0.1, -0.05) is 44.7 Å². The van der Waals surface area contributed by atoms with Crippen molar-refractivity contribution < 1.29 is 9.50 Å². The number of benzene rings is 1. The van der Waals surface area contributed by atoms with Gasteiger partial charge in [0.2, 0.25) is 0 Å². The van der Waals surface area contributed by atoms with E-state index in [1.165, 1.54) is 18.9 Å². The van der Waals surface area contributed by atoms with Gasteiger partial charge in [0.15, 0.2) is 0 Å². The Hall–Kier alpha value is -1.09. The van der Waals surface area contributed by atoms with Crippen LogP contribution in [0.2, 0.25) is 0 Å². The van der Waals surface area contributed by atoms with Gasteiger partial charge in [0, 0.05) is 0 Å². The third-order valence-corrected chi connectivity index (χ3v) is 3.24. The third kappa shape index (κ3) is 4.65. The van der Waals surface area contributed by atoms with Crippen LogP contribution in [0.4, 0.5) is 10.1 Å². The maximum absolute atomic E-state index is 13.6. The number of anilines is 1. The second-order valence-electron chi connectivity index (χ2n) is 5.13. The van der Waals surface area contributed by atoms with Crippen molar-refractivity contribution in [1.82, 2.24) is 0 Å². The average molecular weight is 253 g/mol. The van der Waals surface area contributed by atoms with Gasteiger partial charge in [-0.3, -0.25) is 0 Å². The van der Waals surface area contributed by atoms with Crippen LogP contribution in [-0.2, 0) is 0 Å². The number of hydrogen-bond acceptors (Lipinski definition) is 2. The van der Waals surface area contributed by atoms with E-state index in [4.69, 9.17) is 0 Å². The fourth-order valence-electron chi connectivity index (χ4n) is 2.01.